The molecule has 3 aromatic carbocycles. The molecule has 1 heterocycles. The van der Waals surface area contributed by atoms with Crippen LogP contribution in [0.25, 0.3) is 0 Å². The predicted octanol–water partition coefficient (Wildman–Crippen LogP) is 2.22. The van der Waals surface area contributed by atoms with Crippen molar-refractivity contribution < 1.29 is 32.6 Å². The Balaban J connectivity index is 1.51. The second-order valence-electron chi connectivity index (χ2n) is 9.86. The first kappa shape index (κ1) is 31.2. The van der Waals surface area contributed by atoms with Gasteiger partial charge in [-0.2, -0.15) is 4.31 Å². The number of rotatable bonds is 14. The molecule has 42 heavy (non-hydrogen) atoms. The average molecular weight is 596 g/mol. The molecule has 224 valence electrons. The van der Waals surface area contributed by atoms with Gasteiger partial charge in [-0.25, -0.2) is 8.42 Å². The van der Waals surface area contributed by atoms with E-state index in [1.807, 2.05) is 60.7 Å². The maximum atomic E-state index is 13.7. The van der Waals surface area contributed by atoms with Gasteiger partial charge in [-0.05, 0) is 41.8 Å². The van der Waals surface area contributed by atoms with E-state index in [1.54, 1.807) is 0 Å². The summed E-state index contributed by atoms with van der Waals surface area (Å²) in [6.45, 7) is 1.36. The van der Waals surface area contributed by atoms with E-state index in [9.17, 15) is 23.1 Å². The molecule has 10 nitrogen and oxygen atoms in total. The van der Waals surface area contributed by atoms with Crippen LogP contribution in [0.3, 0.4) is 0 Å². The Morgan fingerprint density at radius 2 is 1.55 bits per heavy atom. The van der Waals surface area contributed by atoms with Gasteiger partial charge < -0.3 is 24.8 Å². The van der Waals surface area contributed by atoms with Gasteiger partial charge in [0.25, 0.3) is 5.91 Å². The fourth-order valence-corrected chi connectivity index (χ4v) is 6.02. The van der Waals surface area contributed by atoms with Crippen LogP contribution in [0.1, 0.15) is 17.5 Å². The zero-order valence-electron chi connectivity index (χ0n) is 23.4. The molecule has 0 bridgehead atoms. The molecule has 0 spiro atoms. The number of hydrogen-bond donors (Lipinski definition) is 2. The molecule has 1 aliphatic heterocycles. The molecule has 0 aromatic heterocycles. The normalized spacial score (nSPS) is 14.6. The molecule has 2 amide bonds. The van der Waals surface area contributed by atoms with Crippen LogP contribution in [0, 0.1) is 0 Å². The number of benzene rings is 3. The molecule has 3 aromatic rings. The van der Waals surface area contributed by atoms with Crippen molar-refractivity contribution in [3.63, 3.8) is 0 Å². The van der Waals surface area contributed by atoms with E-state index in [0.29, 0.717) is 44.9 Å². The van der Waals surface area contributed by atoms with E-state index in [1.165, 1.54) is 33.5 Å². The van der Waals surface area contributed by atoms with Crippen LogP contribution in [0.4, 0.5) is 0 Å². The van der Waals surface area contributed by atoms with Gasteiger partial charge in [0.1, 0.15) is 11.8 Å². The Kier molecular flexibility index (Phi) is 11.5. The second kappa shape index (κ2) is 15.5. The van der Waals surface area contributed by atoms with E-state index < -0.39 is 22.0 Å². The summed E-state index contributed by atoms with van der Waals surface area (Å²) in [7, 11) is -3.66. The number of hydrogen-bond acceptors (Lipinski definition) is 7. The highest BCUT2D eigenvalue weighted by molar-refractivity contribution is 7.89. The largest absolute Gasteiger partial charge is 0.484 e. The zero-order chi connectivity index (χ0) is 29.8. The van der Waals surface area contributed by atoms with Crippen molar-refractivity contribution in [1.82, 2.24) is 14.5 Å². The van der Waals surface area contributed by atoms with E-state index in [2.05, 4.69) is 5.32 Å². The van der Waals surface area contributed by atoms with Crippen molar-refractivity contribution in [3.05, 3.63) is 96.1 Å². The number of nitrogens with zero attached hydrogens (tertiary/aromatic N) is 2. The van der Waals surface area contributed by atoms with Gasteiger partial charge >= 0.3 is 0 Å². The zero-order valence-corrected chi connectivity index (χ0v) is 24.2. The second-order valence-corrected chi connectivity index (χ2v) is 11.8. The van der Waals surface area contributed by atoms with Crippen molar-refractivity contribution >= 4 is 21.8 Å². The first-order chi connectivity index (χ1) is 20.4. The number of ether oxygens (including phenoxy) is 2. The third-order valence-electron chi connectivity index (χ3n) is 6.89. The van der Waals surface area contributed by atoms with Crippen LogP contribution in [0.2, 0.25) is 0 Å². The quantitative estimate of drug-likeness (QED) is 0.274. The van der Waals surface area contributed by atoms with Crippen LogP contribution in [-0.2, 0) is 37.3 Å². The number of nitrogens with one attached hydrogen (secondary N) is 1. The standard InChI is InChI=1S/C31H37N3O7S/c35-19-7-16-32-31(37)29(22-25-8-3-1-4-9-25)34(23-26-10-5-2-6-11-26)30(36)24-41-27-12-14-28(15-13-27)42(38,39)33-17-20-40-21-18-33/h1-6,8-15,29,35H,7,16-24H2,(H,32,37)/t29-/m1/s1. The predicted molar refractivity (Wildman–Crippen MR) is 157 cm³/mol. The first-order valence-corrected chi connectivity index (χ1v) is 15.4. The molecule has 2 N–H and O–H groups in total. The Morgan fingerprint density at radius 1 is 0.929 bits per heavy atom. The maximum Gasteiger partial charge on any atom is 0.261 e. The number of aliphatic hydroxyl groups excluding tert-OH is 1. The summed E-state index contributed by atoms with van der Waals surface area (Å²) in [5.74, 6) is -0.396. The van der Waals surface area contributed by atoms with Crippen molar-refractivity contribution in [3.8, 4) is 5.75 Å². The Bertz CT molecular complexity index is 1380. The SMILES string of the molecule is O=C(NCCCO)[C@@H](Cc1ccccc1)N(Cc1ccccc1)C(=O)COc1ccc(S(=O)(=O)N2CCOCC2)cc1. The molecular weight excluding hydrogens is 558 g/mol. The monoisotopic (exact) mass is 595 g/mol. The third-order valence-corrected chi connectivity index (χ3v) is 8.81. The van der Waals surface area contributed by atoms with Crippen LogP contribution in [0.15, 0.2) is 89.8 Å². The highest BCUT2D eigenvalue weighted by Gasteiger charge is 2.31. The van der Waals surface area contributed by atoms with Gasteiger partial charge in [-0.1, -0.05) is 60.7 Å². The van der Waals surface area contributed by atoms with Crippen LogP contribution in [-0.4, -0.2) is 86.6 Å². The van der Waals surface area contributed by atoms with Gasteiger partial charge in [-0.3, -0.25) is 9.59 Å². The van der Waals surface area contributed by atoms with Crippen LogP contribution < -0.4 is 10.1 Å². The molecular formula is C31H37N3O7S. The number of carbonyl (C=O) groups excluding carboxylic acids is 2. The van der Waals surface area contributed by atoms with Crippen LogP contribution >= 0.6 is 0 Å². The first-order valence-electron chi connectivity index (χ1n) is 13.9. The number of aliphatic hydroxyl groups is 1. The smallest absolute Gasteiger partial charge is 0.261 e. The number of morpholine rings is 1. The molecule has 0 aliphatic carbocycles. The highest BCUT2D eigenvalue weighted by Crippen LogP contribution is 2.21. The molecule has 1 saturated heterocycles. The molecule has 1 atom stereocenters. The summed E-state index contributed by atoms with van der Waals surface area (Å²) in [6, 6.07) is 24.0. The lowest BCUT2D eigenvalue weighted by Crippen LogP contribution is -2.51. The summed E-state index contributed by atoms with van der Waals surface area (Å²) in [5.41, 5.74) is 1.74. The molecule has 1 fully saturated rings. The Morgan fingerprint density at radius 3 is 2.17 bits per heavy atom. The number of sulfonamides is 1. The van der Waals surface area contributed by atoms with Gasteiger partial charge in [0, 0.05) is 39.2 Å². The fraction of sp³-hybridized carbons (Fsp3) is 0.355. The van der Waals surface area contributed by atoms with E-state index in [0.717, 1.165) is 11.1 Å². The maximum absolute atomic E-state index is 13.7. The molecule has 0 saturated carbocycles. The minimum absolute atomic E-state index is 0.0589. The minimum Gasteiger partial charge on any atom is -0.484 e. The van der Waals surface area contributed by atoms with Crippen molar-refractivity contribution in [1.29, 1.82) is 0 Å². The Hall–Kier alpha value is -3.77. The molecule has 4 rings (SSSR count). The van der Waals surface area contributed by atoms with E-state index >= 15 is 0 Å². The summed E-state index contributed by atoms with van der Waals surface area (Å²) < 4.78 is 38.3. The lowest BCUT2D eigenvalue weighted by atomic mass is 10.0. The van der Waals surface area contributed by atoms with Crippen molar-refractivity contribution in [2.75, 3.05) is 46.1 Å². The topological polar surface area (TPSA) is 125 Å². The van der Waals surface area contributed by atoms with Gasteiger partial charge in [0.05, 0.1) is 18.1 Å². The van der Waals surface area contributed by atoms with Crippen molar-refractivity contribution in [2.24, 2.45) is 0 Å². The van der Waals surface area contributed by atoms with Gasteiger partial charge in [0.15, 0.2) is 6.61 Å². The molecule has 11 heteroatoms. The van der Waals surface area contributed by atoms with E-state index in [-0.39, 0.29) is 37.1 Å². The summed E-state index contributed by atoms with van der Waals surface area (Å²) in [5, 5.41) is 12.0. The molecule has 0 radical (unpaired) electrons. The summed E-state index contributed by atoms with van der Waals surface area (Å²) in [4.78, 5) is 28.7. The third kappa shape index (κ3) is 8.62. The van der Waals surface area contributed by atoms with Gasteiger partial charge in [0.2, 0.25) is 15.9 Å². The summed E-state index contributed by atoms with van der Waals surface area (Å²) >= 11 is 0. The molecule has 0 unspecified atom stereocenters. The minimum atomic E-state index is -3.66. The summed E-state index contributed by atoms with van der Waals surface area (Å²) in [6.07, 6.45) is 0.690. The highest BCUT2D eigenvalue weighted by atomic mass is 32.2. The van der Waals surface area contributed by atoms with E-state index in [4.69, 9.17) is 9.47 Å². The average Bonchev–Trinajstić information content (AvgIpc) is 3.03. The number of carbonyl (C=O) groups is 2. The Labute approximate surface area is 246 Å². The van der Waals surface area contributed by atoms with Crippen LogP contribution in [0.5, 0.6) is 5.75 Å². The number of amides is 2. The molecule has 1 aliphatic rings. The lowest BCUT2D eigenvalue weighted by Gasteiger charge is -2.31. The fourth-order valence-electron chi connectivity index (χ4n) is 4.61. The lowest BCUT2D eigenvalue weighted by molar-refractivity contribution is -0.142. The van der Waals surface area contributed by atoms with Crippen molar-refractivity contribution in [2.45, 2.75) is 30.3 Å². The van der Waals surface area contributed by atoms with Gasteiger partial charge in [-0.15, -0.1) is 0 Å².